The maximum absolute atomic E-state index is 13.2. The Bertz CT molecular complexity index is 1170. The number of hydrogen-bond acceptors (Lipinski definition) is 8. The number of primary amides is 1. The lowest BCUT2D eigenvalue weighted by Crippen LogP contribution is -2.43. The number of alkyl halides is 1. The van der Waals surface area contributed by atoms with Gasteiger partial charge in [0.2, 0.25) is 0 Å². The number of benzene rings is 1. The molecule has 33 heavy (non-hydrogen) atoms. The van der Waals surface area contributed by atoms with Gasteiger partial charge in [-0.05, 0) is 43.0 Å². The predicted molar refractivity (Wildman–Crippen MR) is 118 cm³/mol. The van der Waals surface area contributed by atoms with Crippen molar-refractivity contribution in [3.63, 3.8) is 0 Å². The number of aromatic nitrogens is 4. The number of amides is 1. The molecule has 2 fully saturated rings. The zero-order chi connectivity index (χ0) is 22.9. The van der Waals surface area contributed by atoms with Gasteiger partial charge in [0, 0.05) is 25.3 Å². The molecule has 5 rings (SSSR count). The van der Waals surface area contributed by atoms with Gasteiger partial charge in [0.1, 0.15) is 18.2 Å². The summed E-state index contributed by atoms with van der Waals surface area (Å²) in [6.07, 6.45) is 3.39. The van der Waals surface area contributed by atoms with E-state index in [2.05, 4.69) is 10.00 Å². The maximum atomic E-state index is 13.2. The minimum atomic E-state index is -0.932. The van der Waals surface area contributed by atoms with Gasteiger partial charge in [-0.15, -0.1) is 0 Å². The normalized spacial score (nSPS) is 19.9. The summed E-state index contributed by atoms with van der Waals surface area (Å²) in [6, 6.07) is 5.09. The summed E-state index contributed by atoms with van der Waals surface area (Å²) in [4.78, 5) is 23.0. The molecule has 3 aromatic rings. The molecule has 2 aliphatic rings. The first-order valence-electron chi connectivity index (χ1n) is 11.0. The van der Waals surface area contributed by atoms with Crippen LogP contribution in [0, 0.1) is 0 Å². The van der Waals surface area contributed by atoms with E-state index in [4.69, 9.17) is 25.2 Å². The molecular formula is C22H25FN6O4. The quantitative estimate of drug-likeness (QED) is 0.551. The monoisotopic (exact) mass is 456 g/mol. The lowest BCUT2D eigenvalue weighted by Gasteiger charge is -2.33. The van der Waals surface area contributed by atoms with E-state index in [0.29, 0.717) is 22.6 Å². The van der Waals surface area contributed by atoms with E-state index >= 15 is 0 Å². The number of rotatable bonds is 7. The zero-order valence-electron chi connectivity index (χ0n) is 18.0. The molecule has 11 heteroatoms. The number of aliphatic hydroxyl groups is 1. The van der Waals surface area contributed by atoms with Gasteiger partial charge in [-0.25, -0.2) is 23.8 Å². The van der Waals surface area contributed by atoms with Gasteiger partial charge in [0.15, 0.2) is 11.5 Å². The summed E-state index contributed by atoms with van der Waals surface area (Å²) >= 11 is 0. The van der Waals surface area contributed by atoms with Crippen LogP contribution in [0.25, 0.3) is 22.4 Å². The van der Waals surface area contributed by atoms with Crippen molar-refractivity contribution in [3.8, 4) is 17.1 Å². The molecule has 4 heterocycles. The van der Waals surface area contributed by atoms with E-state index in [1.165, 1.54) is 4.68 Å². The number of hydrogen-bond donors (Lipinski definition) is 2. The summed E-state index contributed by atoms with van der Waals surface area (Å²) in [5.74, 6) is 1.44. The number of morpholine rings is 1. The lowest BCUT2D eigenvalue weighted by molar-refractivity contribution is 0.0303. The molecule has 2 unspecified atom stereocenters. The molecular weight excluding hydrogens is 431 g/mol. The largest absolute Gasteiger partial charge is 0.410 e. The van der Waals surface area contributed by atoms with Crippen LogP contribution in [0.15, 0.2) is 24.4 Å². The Morgan fingerprint density at radius 2 is 2.06 bits per heavy atom. The Hall–Kier alpha value is -3.31. The maximum Gasteiger partial charge on any atom is 0.409 e. The van der Waals surface area contributed by atoms with E-state index in [1.54, 1.807) is 24.4 Å². The smallest absolute Gasteiger partial charge is 0.409 e. The number of carbonyl (C=O) groups excluding carboxylic acids is 1. The van der Waals surface area contributed by atoms with E-state index in [0.717, 1.165) is 37.1 Å². The minimum absolute atomic E-state index is 0.0922. The van der Waals surface area contributed by atoms with Crippen LogP contribution in [0.4, 0.5) is 15.0 Å². The van der Waals surface area contributed by atoms with Crippen LogP contribution in [0.1, 0.15) is 18.4 Å². The highest BCUT2D eigenvalue weighted by molar-refractivity contribution is 5.89. The van der Waals surface area contributed by atoms with Crippen molar-refractivity contribution < 1.29 is 23.8 Å². The molecule has 2 saturated heterocycles. The topological polar surface area (TPSA) is 129 Å². The Morgan fingerprint density at radius 3 is 2.76 bits per heavy atom. The van der Waals surface area contributed by atoms with Gasteiger partial charge in [0.25, 0.3) is 0 Å². The number of carbonyl (C=O) groups is 1. The first-order chi connectivity index (χ1) is 16.1. The number of aliphatic hydroxyl groups excluding tert-OH is 1. The highest BCUT2D eigenvalue weighted by Crippen LogP contribution is 2.34. The van der Waals surface area contributed by atoms with Crippen molar-refractivity contribution in [2.24, 2.45) is 5.73 Å². The number of nitrogens with zero attached hydrogens (tertiary/aromatic N) is 5. The molecule has 2 bridgehead atoms. The molecule has 1 aromatic carbocycles. The average Bonchev–Trinajstić information content (AvgIpc) is 3.36. The van der Waals surface area contributed by atoms with Crippen LogP contribution in [0.3, 0.4) is 0 Å². The molecule has 0 aliphatic carbocycles. The number of fused-ring (bicyclic) bond motifs is 3. The van der Waals surface area contributed by atoms with Gasteiger partial charge in [0.05, 0.1) is 30.3 Å². The van der Waals surface area contributed by atoms with Crippen LogP contribution in [0.5, 0.6) is 5.75 Å². The number of halogens is 1. The highest BCUT2D eigenvalue weighted by Gasteiger charge is 2.35. The molecule has 10 nitrogen and oxygen atoms in total. The van der Waals surface area contributed by atoms with Gasteiger partial charge in [-0.3, -0.25) is 0 Å². The minimum Gasteiger partial charge on any atom is -0.410 e. The second kappa shape index (κ2) is 8.91. The molecule has 3 N–H and O–H groups in total. The Labute approximate surface area is 189 Å². The first kappa shape index (κ1) is 21.5. The number of nitrogens with two attached hydrogens (primary N) is 1. The molecule has 0 saturated carbocycles. The van der Waals surface area contributed by atoms with Gasteiger partial charge in [-0.2, -0.15) is 5.10 Å². The lowest BCUT2D eigenvalue weighted by atomic mass is 10.1. The van der Waals surface area contributed by atoms with Crippen LogP contribution < -0.4 is 15.4 Å². The van der Waals surface area contributed by atoms with Crippen molar-refractivity contribution in [2.45, 2.75) is 38.0 Å². The summed E-state index contributed by atoms with van der Waals surface area (Å²) < 4.78 is 25.7. The van der Waals surface area contributed by atoms with Crippen molar-refractivity contribution >= 4 is 22.9 Å². The fourth-order valence-corrected chi connectivity index (χ4v) is 4.58. The van der Waals surface area contributed by atoms with Gasteiger partial charge >= 0.3 is 6.09 Å². The van der Waals surface area contributed by atoms with E-state index in [9.17, 15) is 14.3 Å². The zero-order valence-corrected chi connectivity index (χ0v) is 18.0. The summed E-state index contributed by atoms with van der Waals surface area (Å²) in [6.45, 7) is 0.834. The SMILES string of the molecule is NC(=O)Oc1ccc(-c2nc(N3CC4CCC(C3)O4)c3cnn(CCF)c3n2)cc1CCO. The third kappa shape index (κ3) is 4.21. The molecule has 1 amide bonds. The van der Waals surface area contributed by atoms with E-state index in [-0.39, 0.29) is 37.5 Å². The Balaban J connectivity index is 1.61. The number of aryl methyl sites for hydroxylation is 1. The summed E-state index contributed by atoms with van der Waals surface area (Å²) in [5, 5.41) is 14.5. The molecule has 0 spiro atoms. The predicted octanol–water partition coefficient (Wildman–Crippen LogP) is 1.82. The molecule has 174 valence electrons. The fourth-order valence-electron chi connectivity index (χ4n) is 4.58. The molecule has 0 radical (unpaired) electrons. The third-order valence-electron chi connectivity index (χ3n) is 6.03. The van der Waals surface area contributed by atoms with Gasteiger partial charge in [-0.1, -0.05) is 0 Å². The van der Waals surface area contributed by atoms with Crippen molar-refractivity contribution in [1.82, 2.24) is 19.7 Å². The van der Waals surface area contributed by atoms with Crippen LogP contribution >= 0.6 is 0 Å². The second-order valence-corrected chi connectivity index (χ2v) is 8.24. The van der Waals surface area contributed by atoms with E-state index in [1.807, 2.05) is 0 Å². The molecule has 2 atom stereocenters. The van der Waals surface area contributed by atoms with Crippen molar-refractivity contribution in [1.29, 1.82) is 0 Å². The molecule has 2 aromatic heterocycles. The fraction of sp³-hybridized carbons (Fsp3) is 0.455. The number of anilines is 1. The van der Waals surface area contributed by atoms with Crippen LogP contribution in [0.2, 0.25) is 0 Å². The Morgan fingerprint density at radius 1 is 1.27 bits per heavy atom. The summed E-state index contributed by atoms with van der Waals surface area (Å²) in [5.41, 5.74) is 6.98. The van der Waals surface area contributed by atoms with Gasteiger partial charge < -0.3 is 25.2 Å². The Kier molecular flexibility index (Phi) is 5.81. The molecule has 2 aliphatic heterocycles. The standard InChI is InChI=1S/C22H25FN6O4/c23-6-7-29-21-17(10-25-29)20(28-11-15-2-3-16(12-28)32-15)26-19(27-21)14-1-4-18(33-22(24)31)13(9-14)5-8-30/h1,4,9-10,15-16,30H,2-3,5-8,11-12H2,(H2,24,31). The van der Waals surface area contributed by atoms with Crippen molar-refractivity contribution in [2.75, 3.05) is 31.3 Å². The van der Waals surface area contributed by atoms with E-state index < -0.39 is 12.8 Å². The van der Waals surface area contributed by atoms with Crippen molar-refractivity contribution in [3.05, 3.63) is 30.0 Å². The highest BCUT2D eigenvalue weighted by atomic mass is 19.1. The second-order valence-electron chi connectivity index (χ2n) is 8.24. The van der Waals surface area contributed by atoms with Crippen LogP contribution in [-0.4, -0.2) is 69.5 Å². The summed E-state index contributed by atoms with van der Waals surface area (Å²) in [7, 11) is 0. The first-order valence-corrected chi connectivity index (χ1v) is 11.0. The third-order valence-corrected chi connectivity index (χ3v) is 6.03. The van der Waals surface area contributed by atoms with Crippen LogP contribution in [-0.2, 0) is 17.7 Å². The average molecular weight is 456 g/mol. The number of ether oxygens (including phenoxy) is 2.